The van der Waals surface area contributed by atoms with Crippen LogP contribution < -0.4 is 15.2 Å². The normalized spacial score (nSPS) is 19.1. The number of rotatable bonds is 11. The van der Waals surface area contributed by atoms with E-state index in [0.717, 1.165) is 10.9 Å². The molecular formula is C31H39N4O9P. The molecule has 0 amide bonds. The van der Waals surface area contributed by atoms with Gasteiger partial charge in [-0.15, -0.1) is 0 Å². The fraction of sp³-hybridized carbons (Fsp3) is 0.484. The van der Waals surface area contributed by atoms with Gasteiger partial charge in [0.2, 0.25) is 0 Å². The van der Waals surface area contributed by atoms with Crippen molar-refractivity contribution in [3.05, 3.63) is 56.9 Å². The number of fused-ring (bicyclic) bond motifs is 5. The number of hydrogen-bond acceptors (Lipinski definition) is 11. The number of carbonyl (C=O) groups excluding carboxylic acids is 2. The summed E-state index contributed by atoms with van der Waals surface area (Å²) >= 11 is 0. The second-order valence-corrected chi connectivity index (χ2v) is 14.0. The van der Waals surface area contributed by atoms with Crippen LogP contribution in [0.4, 0.5) is 0 Å². The highest BCUT2D eigenvalue weighted by Gasteiger charge is 2.45. The molecule has 5 rings (SSSR count). The predicted octanol–water partition coefficient (Wildman–Crippen LogP) is 3.25. The molecule has 4 heterocycles. The van der Waals surface area contributed by atoms with Crippen LogP contribution in [-0.2, 0) is 53.7 Å². The first-order valence-electron chi connectivity index (χ1n) is 14.7. The molecule has 0 saturated heterocycles. The maximum Gasteiger partial charge on any atom is 0.343 e. The standard InChI is InChI=1S/C31H39N4O9P/c1-8-31(39)23-12-25-27-19(13-35(25)28(36)22(23)15-42-30(31)38)11-20-21(14-34(5)6)26(10-9-24(20)32-27)44-45(40,16-41-7)33-18(4)29(37)43-17(2)3/h9-12,17-18,39H,8,13-16H2,1-7H3,(H,33,40)/t18-,31?,45?/m0/s1. The summed E-state index contributed by atoms with van der Waals surface area (Å²) in [6.45, 7) is 7.08. The minimum Gasteiger partial charge on any atom is -0.462 e. The number of hydrogen-bond donors (Lipinski definition) is 2. The first-order chi connectivity index (χ1) is 21.2. The van der Waals surface area contributed by atoms with Gasteiger partial charge in [-0.2, -0.15) is 0 Å². The van der Waals surface area contributed by atoms with Crippen LogP contribution in [0.3, 0.4) is 0 Å². The molecule has 2 aliphatic heterocycles. The van der Waals surface area contributed by atoms with Crippen molar-refractivity contribution in [1.82, 2.24) is 19.5 Å². The zero-order valence-corrected chi connectivity index (χ0v) is 27.4. The molecule has 13 nitrogen and oxygen atoms in total. The molecule has 242 valence electrons. The van der Waals surface area contributed by atoms with Crippen molar-refractivity contribution >= 4 is 30.4 Å². The molecule has 3 aromatic rings. The number of nitrogens with zero attached hydrogens (tertiary/aromatic N) is 3. The number of esters is 2. The lowest BCUT2D eigenvalue weighted by atomic mass is 9.86. The Hall–Kier alpha value is -3.61. The van der Waals surface area contributed by atoms with E-state index in [2.05, 4.69) is 5.09 Å². The van der Waals surface area contributed by atoms with Gasteiger partial charge in [0, 0.05) is 35.7 Å². The molecule has 2 N–H and O–H groups in total. The molecule has 0 spiro atoms. The summed E-state index contributed by atoms with van der Waals surface area (Å²) in [5, 5.41) is 14.7. The molecule has 1 aromatic carbocycles. The SMILES string of the molecule is CCC1(O)C(=O)OCc2c1cc1n(c2=O)Cc2cc3c(CN(C)C)c(OP(=O)(COC)N[C@@H](C)C(=O)OC(C)C)ccc3nc2-1. The minimum atomic E-state index is -3.77. The van der Waals surface area contributed by atoms with E-state index in [1.807, 2.05) is 25.1 Å². The van der Waals surface area contributed by atoms with Crippen LogP contribution >= 0.6 is 7.52 Å². The Morgan fingerprint density at radius 1 is 1.24 bits per heavy atom. The number of cyclic esters (lactones) is 1. The average molecular weight is 643 g/mol. The summed E-state index contributed by atoms with van der Waals surface area (Å²) in [7, 11) is 1.40. The van der Waals surface area contributed by atoms with Gasteiger partial charge < -0.3 is 33.3 Å². The lowest BCUT2D eigenvalue weighted by Crippen LogP contribution is -2.44. The smallest absolute Gasteiger partial charge is 0.343 e. The number of aliphatic hydroxyl groups is 1. The second-order valence-electron chi connectivity index (χ2n) is 12.0. The minimum absolute atomic E-state index is 0.0515. The molecule has 2 unspecified atom stereocenters. The molecule has 2 aromatic heterocycles. The molecule has 0 radical (unpaired) electrons. The fourth-order valence-corrected chi connectivity index (χ4v) is 7.46. The number of pyridine rings is 2. The Balaban J connectivity index is 1.59. The lowest BCUT2D eigenvalue weighted by Gasteiger charge is -2.31. The summed E-state index contributed by atoms with van der Waals surface area (Å²) in [6, 6.07) is 6.07. The highest BCUT2D eigenvalue weighted by Crippen LogP contribution is 2.47. The third-order valence-electron chi connectivity index (χ3n) is 7.87. The number of benzene rings is 1. The van der Waals surface area contributed by atoms with E-state index < -0.39 is 31.1 Å². The van der Waals surface area contributed by atoms with Crippen LogP contribution in [-0.4, -0.2) is 71.2 Å². The van der Waals surface area contributed by atoms with Crippen molar-refractivity contribution in [2.45, 2.75) is 71.6 Å². The molecule has 0 aliphatic carbocycles. The fourth-order valence-electron chi connectivity index (χ4n) is 5.76. The Bertz CT molecular complexity index is 1790. The van der Waals surface area contributed by atoms with E-state index in [4.69, 9.17) is 23.7 Å². The third-order valence-corrected chi connectivity index (χ3v) is 9.75. The summed E-state index contributed by atoms with van der Waals surface area (Å²) in [5.41, 5.74) is 1.36. The van der Waals surface area contributed by atoms with E-state index >= 15 is 0 Å². The van der Waals surface area contributed by atoms with Gasteiger partial charge in [0.25, 0.3) is 5.56 Å². The van der Waals surface area contributed by atoms with Crippen molar-refractivity contribution in [2.75, 3.05) is 27.6 Å². The topological polar surface area (TPSA) is 159 Å². The Labute approximate surface area is 260 Å². The molecule has 0 fully saturated rings. The highest BCUT2D eigenvalue weighted by molar-refractivity contribution is 7.57. The summed E-state index contributed by atoms with van der Waals surface area (Å²) in [5.74, 6) is -1.03. The van der Waals surface area contributed by atoms with Crippen LogP contribution in [0.5, 0.6) is 5.75 Å². The number of aromatic nitrogens is 2. The van der Waals surface area contributed by atoms with Crippen molar-refractivity contribution in [3.63, 3.8) is 0 Å². The molecule has 2 aliphatic rings. The number of ether oxygens (including phenoxy) is 3. The van der Waals surface area contributed by atoms with Crippen LogP contribution in [0.2, 0.25) is 0 Å². The van der Waals surface area contributed by atoms with Gasteiger partial charge in [0.05, 0.1) is 35.1 Å². The van der Waals surface area contributed by atoms with Crippen LogP contribution in [0.25, 0.3) is 22.3 Å². The predicted molar refractivity (Wildman–Crippen MR) is 166 cm³/mol. The van der Waals surface area contributed by atoms with Gasteiger partial charge >= 0.3 is 19.5 Å². The zero-order valence-electron chi connectivity index (χ0n) is 26.5. The molecule has 3 atom stereocenters. The van der Waals surface area contributed by atoms with Gasteiger partial charge in [0.1, 0.15) is 24.7 Å². The van der Waals surface area contributed by atoms with Crippen molar-refractivity contribution in [3.8, 4) is 17.1 Å². The molecule has 0 bridgehead atoms. The van der Waals surface area contributed by atoms with Crippen molar-refractivity contribution < 1.29 is 38.0 Å². The summed E-state index contributed by atoms with van der Waals surface area (Å²) < 4.78 is 37.3. The summed E-state index contributed by atoms with van der Waals surface area (Å²) in [6.07, 6.45) is -0.587. The Morgan fingerprint density at radius 3 is 2.62 bits per heavy atom. The van der Waals surface area contributed by atoms with Crippen LogP contribution in [0, 0.1) is 0 Å². The van der Waals surface area contributed by atoms with Crippen molar-refractivity contribution in [2.24, 2.45) is 0 Å². The van der Waals surface area contributed by atoms with Crippen LogP contribution in [0.1, 0.15) is 56.4 Å². The molecule has 14 heteroatoms. The number of nitrogens with one attached hydrogen (secondary N) is 1. The molecule has 45 heavy (non-hydrogen) atoms. The van der Waals surface area contributed by atoms with Crippen LogP contribution in [0.15, 0.2) is 29.1 Å². The Kier molecular flexibility index (Phi) is 8.96. The van der Waals surface area contributed by atoms with E-state index in [0.29, 0.717) is 34.8 Å². The van der Waals surface area contributed by atoms with Gasteiger partial charge in [0.15, 0.2) is 5.60 Å². The number of methoxy groups -OCH3 is 1. The van der Waals surface area contributed by atoms with Gasteiger partial charge in [-0.1, -0.05) is 6.92 Å². The maximum absolute atomic E-state index is 14.0. The first-order valence-corrected chi connectivity index (χ1v) is 16.6. The van der Waals surface area contributed by atoms with E-state index in [1.54, 1.807) is 50.5 Å². The van der Waals surface area contributed by atoms with Gasteiger partial charge in [-0.3, -0.25) is 14.2 Å². The molecule has 0 saturated carbocycles. The average Bonchev–Trinajstić information content (AvgIpc) is 3.33. The quantitative estimate of drug-likeness (QED) is 0.182. The van der Waals surface area contributed by atoms with Gasteiger partial charge in [-0.05, 0) is 65.6 Å². The highest BCUT2D eigenvalue weighted by atomic mass is 31.2. The summed E-state index contributed by atoms with van der Waals surface area (Å²) in [4.78, 5) is 45.4. The Morgan fingerprint density at radius 2 is 1.98 bits per heavy atom. The monoisotopic (exact) mass is 642 g/mol. The zero-order chi connectivity index (χ0) is 32.8. The number of carbonyl (C=O) groups is 2. The van der Waals surface area contributed by atoms with Gasteiger partial charge in [-0.25, -0.2) is 14.9 Å². The lowest BCUT2D eigenvalue weighted by molar-refractivity contribution is -0.172. The van der Waals surface area contributed by atoms with Crippen molar-refractivity contribution in [1.29, 1.82) is 0 Å². The molecular weight excluding hydrogens is 603 g/mol. The van der Waals surface area contributed by atoms with E-state index in [1.165, 1.54) is 7.11 Å². The van der Waals surface area contributed by atoms with E-state index in [9.17, 15) is 24.1 Å². The largest absolute Gasteiger partial charge is 0.462 e. The second kappa shape index (κ2) is 12.3. The third kappa shape index (κ3) is 6.03. The first kappa shape index (κ1) is 32.8. The maximum atomic E-state index is 14.0. The van der Waals surface area contributed by atoms with E-state index in [-0.39, 0.29) is 48.7 Å².